The molecule has 0 radical (unpaired) electrons. The third-order valence-electron chi connectivity index (χ3n) is 3.68. The summed E-state index contributed by atoms with van der Waals surface area (Å²) in [6.45, 7) is 0. The lowest BCUT2D eigenvalue weighted by Gasteiger charge is -2.13. The molecule has 1 atom stereocenters. The zero-order valence-electron chi connectivity index (χ0n) is 10.9. The number of carbonyl (C=O) groups is 2. The molecule has 1 aliphatic rings. The van der Waals surface area contributed by atoms with Gasteiger partial charge in [-0.25, -0.2) is 0 Å². The van der Waals surface area contributed by atoms with Crippen LogP contribution in [0.1, 0.15) is 30.7 Å². The fourth-order valence-electron chi connectivity index (χ4n) is 2.60. The van der Waals surface area contributed by atoms with Crippen LogP contribution in [0.5, 0.6) is 0 Å². The van der Waals surface area contributed by atoms with Gasteiger partial charge >= 0.3 is 0 Å². The van der Waals surface area contributed by atoms with Crippen molar-refractivity contribution in [1.82, 2.24) is 10.3 Å². The van der Waals surface area contributed by atoms with E-state index in [0.29, 0.717) is 24.9 Å². The first-order chi connectivity index (χ1) is 9.63. The number of nitrogens with zero attached hydrogens (tertiary/aromatic N) is 1. The molecule has 0 aliphatic carbocycles. The van der Waals surface area contributed by atoms with Crippen molar-refractivity contribution in [1.29, 1.82) is 0 Å². The second kappa shape index (κ2) is 4.92. The van der Waals surface area contributed by atoms with Gasteiger partial charge in [-0.2, -0.15) is 0 Å². The number of benzene rings is 1. The highest BCUT2D eigenvalue weighted by atomic mass is 16.2. The number of rotatable bonds is 1. The minimum atomic E-state index is -0.223. The van der Waals surface area contributed by atoms with E-state index in [-0.39, 0.29) is 17.7 Å². The van der Waals surface area contributed by atoms with E-state index in [1.54, 1.807) is 6.20 Å². The van der Waals surface area contributed by atoms with E-state index in [9.17, 15) is 9.59 Å². The molecule has 2 aromatic rings. The summed E-state index contributed by atoms with van der Waals surface area (Å²) in [5.41, 5.74) is 8.43. The topological polar surface area (TPSA) is 85.1 Å². The van der Waals surface area contributed by atoms with Gasteiger partial charge in [0.15, 0.2) is 0 Å². The molecule has 2 amide bonds. The van der Waals surface area contributed by atoms with E-state index in [4.69, 9.17) is 5.73 Å². The van der Waals surface area contributed by atoms with Crippen molar-refractivity contribution in [2.45, 2.75) is 25.2 Å². The molecule has 20 heavy (non-hydrogen) atoms. The SMILES string of the molecule is Nc1cccc2ncc(C3CCC(=O)NC(=O)C3)cc12. The smallest absolute Gasteiger partial charge is 0.227 e. The molecule has 5 heteroatoms. The molecule has 1 aromatic carbocycles. The highest BCUT2D eigenvalue weighted by Crippen LogP contribution is 2.29. The average Bonchev–Trinajstić information content (AvgIpc) is 2.60. The Bertz CT molecular complexity index is 697. The van der Waals surface area contributed by atoms with Crippen LogP contribution >= 0.6 is 0 Å². The number of imide groups is 1. The zero-order chi connectivity index (χ0) is 14.1. The van der Waals surface area contributed by atoms with Crippen molar-refractivity contribution in [3.63, 3.8) is 0 Å². The predicted molar refractivity (Wildman–Crippen MR) is 75.9 cm³/mol. The first kappa shape index (κ1) is 12.6. The molecule has 1 aromatic heterocycles. The molecule has 102 valence electrons. The van der Waals surface area contributed by atoms with Crippen molar-refractivity contribution >= 4 is 28.4 Å². The lowest BCUT2D eigenvalue weighted by Crippen LogP contribution is -2.27. The molecule has 3 N–H and O–H groups in total. The second-order valence-electron chi connectivity index (χ2n) is 5.09. The van der Waals surface area contributed by atoms with Gasteiger partial charge < -0.3 is 5.73 Å². The average molecular weight is 269 g/mol. The van der Waals surface area contributed by atoms with Crippen LogP contribution in [-0.4, -0.2) is 16.8 Å². The maximum absolute atomic E-state index is 11.6. The van der Waals surface area contributed by atoms with Crippen LogP contribution in [0.2, 0.25) is 0 Å². The number of carbonyl (C=O) groups excluding carboxylic acids is 2. The van der Waals surface area contributed by atoms with Gasteiger partial charge in [0.05, 0.1) is 5.52 Å². The third-order valence-corrected chi connectivity index (χ3v) is 3.68. The molecule has 1 unspecified atom stereocenters. The van der Waals surface area contributed by atoms with Crippen LogP contribution in [0.3, 0.4) is 0 Å². The number of aromatic nitrogens is 1. The lowest BCUT2D eigenvalue weighted by molar-refractivity contribution is -0.129. The van der Waals surface area contributed by atoms with Crippen LogP contribution in [0.25, 0.3) is 10.9 Å². The van der Waals surface area contributed by atoms with Gasteiger partial charge in [0.1, 0.15) is 0 Å². The molecule has 1 aliphatic heterocycles. The van der Waals surface area contributed by atoms with Gasteiger partial charge in [-0.1, -0.05) is 6.07 Å². The minimum absolute atomic E-state index is 0.0120. The number of hydrogen-bond acceptors (Lipinski definition) is 4. The highest BCUT2D eigenvalue weighted by Gasteiger charge is 2.23. The summed E-state index contributed by atoms with van der Waals surface area (Å²) in [6.07, 6.45) is 3.09. The molecule has 0 saturated carbocycles. The zero-order valence-corrected chi connectivity index (χ0v) is 10.9. The summed E-state index contributed by atoms with van der Waals surface area (Å²) in [5, 5.41) is 3.26. The van der Waals surface area contributed by atoms with E-state index in [0.717, 1.165) is 16.5 Å². The van der Waals surface area contributed by atoms with Crippen molar-refractivity contribution in [2.24, 2.45) is 0 Å². The molecule has 3 rings (SSSR count). The number of amides is 2. The summed E-state index contributed by atoms with van der Waals surface area (Å²) in [4.78, 5) is 27.4. The Hall–Kier alpha value is -2.43. The van der Waals surface area contributed by atoms with Crippen LogP contribution in [0.4, 0.5) is 5.69 Å². The van der Waals surface area contributed by atoms with E-state index >= 15 is 0 Å². The van der Waals surface area contributed by atoms with E-state index in [2.05, 4.69) is 10.3 Å². The molecular weight excluding hydrogens is 254 g/mol. The number of pyridine rings is 1. The van der Waals surface area contributed by atoms with Crippen LogP contribution in [0.15, 0.2) is 30.5 Å². The third kappa shape index (κ3) is 2.34. The number of fused-ring (bicyclic) bond motifs is 1. The van der Waals surface area contributed by atoms with Crippen molar-refractivity contribution < 1.29 is 9.59 Å². The quantitative estimate of drug-likeness (QED) is 0.610. The number of hydrogen-bond donors (Lipinski definition) is 2. The molecule has 1 fully saturated rings. The van der Waals surface area contributed by atoms with Gasteiger partial charge in [-0.05, 0) is 36.1 Å². The maximum atomic E-state index is 11.6. The Morgan fingerprint density at radius 3 is 2.95 bits per heavy atom. The van der Waals surface area contributed by atoms with E-state index in [1.807, 2.05) is 24.3 Å². The molecule has 5 nitrogen and oxygen atoms in total. The van der Waals surface area contributed by atoms with E-state index < -0.39 is 0 Å². The monoisotopic (exact) mass is 269 g/mol. The van der Waals surface area contributed by atoms with Gasteiger partial charge in [-0.3, -0.25) is 19.9 Å². The Balaban J connectivity index is 1.99. The van der Waals surface area contributed by atoms with Crippen molar-refractivity contribution in [2.75, 3.05) is 5.73 Å². The summed E-state index contributed by atoms with van der Waals surface area (Å²) in [7, 11) is 0. The van der Waals surface area contributed by atoms with Crippen LogP contribution in [-0.2, 0) is 9.59 Å². The number of nitrogens with one attached hydrogen (secondary N) is 1. The van der Waals surface area contributed by atoms with E-state index in [1.165, 1.54) is 0 Å². The van der Waals surface area contributed by atoms with Crippen LogP contribution < -0.4 is 11.1 Å². The lowest BCUT2D eigenvalue weighted by atomic mass is 9.92. The number of nitrogens with two attached hydrogens (primary N) is 1. The van der Waals surface area contributed by atoms with Gasteiger partial charge in [0, 0.05) is 30.1 Å². The minimum Gasteiger partial charge on any atom is -0.398 e. The summed E-state index contributed by atoms with van der Waals surface area (Å²) < 4.78 is 0. The molecule has 1 saturated heterocycles. The Morgan fingerprint density at radius 2 is 2.10 bits per heavy atom. The number of nitrogen functional groups attached to an aromatic ring is 1. The Kier molecular flexibility index (Phi) is 3.10. The largest absolute Gasteiger partial charge is 0.398 e. The molecule has 2 heterocycles. The first-order valence-electron chi connectivity index (χ1n) is 6.60. The summed E-state index contributed by atoms with van der Waals surface area (Å²) >= 11 is 0. The summed E-state index contributed by atoms with van der Waals surface area (Å²) in [5.74, 6) is -0.414. The Morgan fingerprint density at radius 1 is 1.25 bits per heavy atom. The Labute approximate surface area is 116 Å². The highest BCUT2D eigenvalue weighted by molar-refractivity contribution is 5.96. The predicted octanol–water partition coefficient (Wildman–Crippen LogP) is 1.73. The van der Waals surface area contributed by atoms with Crippen molar-refractivity contribution in [3.8, 4) is 0 Å². The van der Waals surface area contributed by atoms with Gasteiger partial charge in [0.2, 0.25) is 11.8 Å². The van der Waals surface area contributed by atoms with Gasteiger partial charge in [0.25, 0.3) is 0 Å². The van der Waals surface area contributed by atoms with Crippen LogP contribution in [0, 0.1) is 0 Å². The fourth-order valence-corrected chi connectivity index (χ4v) is 2.60. The fraction of sp³-hybridized carbons (Fsp3) is 0.267. The normalized spacial score (nSPS) is 19.7. The molecular formula is C15H15N3O2. The summed E-state index contributed by atoms with van der Waals surface area (Å²) in [6, 6.07) is 7.57. The van der Waals surface area contributed by atoms with Crippen molar-refractivity contribution in [3.05, 3.63) is 36.0 Å². The maximum Gasteiger partial charge on any atom is 0.227 e. The second-order valence-corrected chi connectivity index (χ2v) is 5.09. The first-order valence-corrected chi connectivity index (χ1v) is 6.60. The van der Waals surface area contributed by atoms with Gasteiger partial charge in [-0.15, -0.1) is 0 Å². The molecule has 0 bridgehead atoms. The standard InChI is InChI=1S/C15H15N3O2/c16-12-2-1-3-13-11(12)6-10(8-17-13)9-4-5-14(19)18-15(20)7-9/h1-3,6,8-9H,4-5,7,16H2,(H,18,19,20). The number of anilines is 1. The molecule has 0 spiro atoms.